The predicted molar refractivity (Wildman–Crippen MR) is 59.1 cm³/mol. The second-order valence-electron chi connectivity index (χ2n) is 3.52. The third-order valence-corrected chi connectivity index (χ3v) is 3.34. The highest BCUT2D eigenvalue weighted by Gasteiger charge is 2.14. The maximum absolute atomic E-state index is 10.5. The Bertz CT molecular complexity index is 192. The molecular weight excluding hydrogens is 216 g/mol. The average molecular weight is 234 g/mol. The van der Waals surface area contributed by atoms with Gasteiger partial charge >= 0.3 is 5.97 Å². The molecule has 88 valence electrons. The molecule has 1 heterocycles. The summed E-state index contributed by atoms with van der Waals surface area (Å²) in [4.78, 5) is 10.5. The minimum Gasteiger partial charge on any atom is -0.480 e. The quantitative estimate of drug-likeness (QED) is 0.709. The van der Waals surface area contributed by atoms with Gasteiger partial charge in [0.05, 0.1) is 11.9 Å². The number of rotatable bonds is 6. The van der Waals surface area contributed by atoms with Gasteiger partial charge in [-0.05, 0) is 26.2 Å². The zero-order valence-electron chi connectivity index (χ0n) is 8.98. The fourth-order valence-corrected chi connectivity index (χ4v) is 2.01. The molecule has 2 unspecified atom stereocenters. The third-order valence-electron chi connectivity index (χ3n) is 2.24. The molecule has 4 nitrogen and oxygen atoms in total. The molecule has 0 amide bonds. The van der Waals surface area contributed by atoms with Gasteiger partial charge < -0.3 is 14.6 Å². The largest absolute Gasteiger partial charge is 0.480 e. The summed E-state index contributed by atoms with van der Waals surface area (Å²) in [6.45, 7) is 3.03. The molecular formula is C10H18O4S. The van der Waals surface area contributed by atoms with Gasteiger partial charge in [0.2, 0.25) is 0 Å². The van der Waals surface area contributed by atoms with Crippen LogP contribution in [-0.4, -0.2) is 41.6 Å². The zero-order chi connectivity index (χ0) is 11.1. The number of carboxylic acid groups (broad SMARTS) is 1. The lowest BCUT2D eigenvalue weighted by molar-refractivity contribution is -0.158. The molecule has 0 saturated carbocycles. The number of hydrogen-bond acceptors (Lipinski definition) is 4. The Kier molecular flexibility index (Phi) is 6.05. The fourth-order valence-electron chi connectivity index (χ4n) is 1.32. The monoisotopic (exact) mass is 234 g/mol. The van der Waals surface area contributed by atoms with Gasteiger partial charge in [-0.3, -0.25) is 4.79 Å². The summed E-state index contributed by atoms with van der Waals surface area (Å²) >= 11 is 1.39. The molecule has 0 spiro atoms. The molecule has 1 aliphatic heterocycles. The molecule has 1 N–H and O–H groups in total. The average Bonchev–Trinajstić information content (AvgIpc) is 2.25. The predicted octanol–water partition coefficient (Wildman–Crippen LogP) is 1.74. The van der Waals surface area contributed by atoms with Crippen molar-refractivity contribution in [1.29, 1.82) is 0 Å². The van der Waals surface area contributed by atoms with Crippen molar-refractivity contribution in [3.63, 3.8) is 0 Å². The Morgan fingerprint density at radius 3 is 3.07 bits per heavy atom. The zero-order valence-corrected chi connectivity index (χ0v) is 9.79. The van der Waals surface area contributed by atoms with Gasteiger partial charge in [0.1, 0.15) is 0 Å². The topological polar surface area (TPSA) is 55.8 Å². The normalized spacial score (nSPS) is 23.7. The van der Waals surface area contributed by atoms with Crippen LogP contribution in [0.2, 0.25) is 0 Å². The van der Waals surface area contributed by atoms with Gasteiger partial charge in [-0.2, -0.15) is 0 Å². The van der Waals surface area contributed by atoms with E-state index < -0.39 is 5.97 Å². The lowest BCUT2D eigenvalue weighted by Crippen LogP contribution is -2.23. The summed E-state index contributed by atoms with van der Waals surface area (Å²) in [7, 11) is 0. The van der Waals surface area contributed by atoms with Crippen LogP contribution in [-0.2, 0) is 14.3 Å². The molecule has 2 atom stereocenters. The molecule has 1 saturated heterocycles. The first-order valence-electron chi connectivity index (χ1n) is 5.28. The molecule has 0 aromatic carbocycles. The van der Waals surface area contributed by atoms with Crippen molar-refractivity contribution in [3.8, 4) is 0 Å². The Morgan fingerprint density at radius 2 is 2.47 bits per heavy atom. The number of thioether (sulfide) groups is 1. The van der Waals surface area contributed by atoms with E-state index in [0.29, 0.717) is 12.4 Å². The Labute approximate surface area is 94.3 Å². The van der Waals surface area contributed by atoms with Crippen LogP contribution in [0.25, 0.3) is 0 Å². The minimum atomic E-state index is -0.770. The van der Waals surface area contributed by atoms with Crippen LogP contribution >= 0.6 is 11.8 Å². The van der Waals surface area contributed by atoms with Gasteiger partial charge in [-0.15, -0.1) is 11.8 Å². The highest BCUT2D eigenvalue weighted by molar-refractivity contribution is 8.00. The maximum Gasteiger partial charge on any atom is 0.316 e. The van der Waals surface area contributed by atoms with E-state index in [1.54, 1.807) is 6.92 Å². The summed E-state index contributed by atoms with van der Waals surface area (Å²) < 4.78 is 10.9. The standard InChI is InChI=1S/C10H18O4S/c1-8(10(11)12)15-7-6-14-9-4-2-3-5-13-9/h8-9H,2-7H2,1H3,(H,11,12). The lowest BCUT2D eigenvalue weighted by Gasteiger charge is -2.22. The molecule has 1 aliphatic rings. The Morgan fingerprint density at radius 1 is 1.67 bits per heavy atom. The SMILES string of the molecule is CC(SCCOC1CCCCO1)C(=O)O. The van der Waals surface area contributed by atoms with E-state index in [4.69, 9.17) is 14.6 Å². The van der Waals surface area contributed by atoms with Gasteiger partial charge in [-0.25, -0.2) is 0 Å². The summed E-state index contributed by atoms with van der Waals surface area (Å²) in [5.41, 5.74) is 0. The van der Waals surface area contributed by atoms with Crippen molar-refractivity contribution < 1.29 is 19.4 Å². The van der Waals surface area contributed by atoms with E-state index in [1.807, 2.05) is 0 Å². The number of aliphatic carboxylic acids is 1. The number of carbonyl (C=O) groups is 1. The Balaban J connectivity index is 1.98. The molecule has 0 aliphatic carbocycles. The first-order valence-corrected chi connectivity index (χ1v) is 6.32. The summed E-state index contributed by atoms with van der Waals surface area (Å²) in [6.07, 6.45) is 3.16. The van der Waals surface area contributed by atoms with Crippen LogP contribution in [0.3, 0.4) is 0 Å². The van der Waals surface area contributed by atoms with Crippen LogP contribution in [0.4, 0.5) is 0 Å². The molecule has 0 aromatic heterocycles. The van der Waals surface area contributed by atoms with E-state index in [2.05, 4.69) is 0 Å². The first-order chi connectivity index (χ1) is 7.20. The molecule has 0 radical (unpaired) electrons. The van der Waals surface area contributed by atoms with Crippen LogP contribution in [0.1, 0.15) is 26.2 Å². The van der Waals surface area contributed by atoms with Crippen molar-refractivity contribution in [3.05, 3.63) is 0 Å². The highest BCUT2D eigenvalue weighted by Crippen LogP contribution is 2.15. The maximum atomic E-state index is 10.5. The lowest BCUT2D eigenvalue weighted by atomic mass is 10.2. The molecule has 5 heteroatoms. The van der Waals surface area contributed by atoms with Crippen LogP contribution in [0.5, 0.6) is 0 Å². The molecule has 0 bridgehead atoms. The van der Waals surface area contributed by atoms with Crippen molar-refractivity contribution in [2.45, 2.75) is 37.7 Å². The van der Waals surface area contributed by atoms with E-state index in [9.17, 15) is 4.79 Å². The molecule has 1 rings (SSSR count). The fraction of sp³-hybridized carbons (Fsp3) is 0.900. The first kappa shape index (κ1) is 12.8. The highest BCUT2D eigenvalue weighted by atomic mass is 32.2. The number of carboxylic acids is 1. The summed E-state index contributed by atoms with van der Waals surface area (Å²) in [5, 5.41) is 8.28. The Hall–Kier alpha value is -0.260. The van der Waals surface area contributed by atoms with Gasteiger partial charge in [0, 0.05) is 12.4 Å². The number of ether oxygens (including phenoxy) is 2. The van der Waals surface area contributed by atoms with E-state index >= 15 is 0 Å². The van der Waals surface area contributed by atoms with Crippen molar-refractivity contribution >= 4 is 17.7 Å². The van der Waals surface area contributed by atoms with Gasteiger partial charge in [0.25, 0.3) is 0 Å². The second kappa shape index (κ2) is 7.09. The summed E-state index contributed by atoms with van der Waals surface area (Å²) in [6, 6.07) is 0. The van der Waals surface area contributed by atoms with Crippen molar-refractivity contribution in [2.24, 2.45) is 0 Å². The summed E-state index contributed by atoms with van der Waals surface area (Å²) in [5.74, 6) is -0.0678. The van der Waals surface area contributed by atoms with E-state index in [0.717, 1.165) is 25.9 Å². The molecule has 0 aromatic rings. The molecule has 1 fully saturated rings. The van der Waals surface area contributed by atoms with Crippen LogP contribution in [0, 0.1) is 0 Å². The molecule has 15 heavy (non-hydrogen) atoms. The van der Waals surface area contributed by atoms with Crippen LogP contribution in [0.15, 0.2) is 0 Å². The van der Waals surface area contributed by atoms with Gasteiger partial charge in [-0.1, -0.05) is 0 Å². The van der Waals surface area contributed by atoms with E-state index in [1.165, 1.54) is 11.8 Å². The third kappa shape index (κ3) is 5.39. The van der Waals surface area contributed by atoms with Crippen molar-refractivity contribution in [1.82, 2.24) is 0 Å². The van der Waals surface area contributed by atoms with Crippen LogP contribution < -0.4 is 0 Å². The second-order valence-corrected chi connectivity index (χ2v) is 4.97. The van der Waals surface area contributed by atoms with E-state index in [-0.39, 0.29) is 11.5 Å². The number of hydrogen-bond donors (Lipinski definition) is 1. The van der Waals surface area contributed by atoms with Crippen molar-refractivity contribution in [2.75, 3.05) is 19.0 Å². The smallest absolute Gasteiger partial charge is 0.316 e. The minimum absolute atomic E-state index is 0.0699. The van der Waals surface area contributed by atoms with Gasteiger partial charge in [0.15, 0.2) is 6.29 Å².